The van der Waals surface area contributed by atoms with Gasteiger partial charge in [-0.2, -0.15) is 0 Å². The van der Waals surface area contributed by atoms with E-state index in [0.29, 0.717) is 28.4 Å². The summed E-state index contributed by atoms with van der Waals surface area (Å²) in [6, 6.07) is 13.1. The fourth-order valence-electron chi connectivity index (χ4n) is 4.08. The zero-order valence-corrected chi connectivity index (χ0v) is 19.7. The van der Waals surface area contributed by atoms with E-state index in [1.165, 1.54) is 25.4 Å². The van der Waals surface area contributed by atoms with Crippen molar-refractivity contribution in [2.45, 2.75) is 26.8 Å². The monoisotopic (exact) mass is 462 g/mol. The summed E-state index contributed by atoms with van der Waals surface area (Å²) in [4.78, 5) is 28.2. The maximum absolute atomic E-state index is 13.5. The van der Waals surface area contributed by atoms with Gasteiger partial charge in [0.15, 0.2) is 23.0 Å². The number of nitrogens with zero attached hydrogens (tertiary/aromatic N) is 2. The molecular weight excluding hydrogens is 436 g/mol. The second-order valence-corrected chi connectivity index (χ2v) is 8.93. The van der Waals surface area contributed by atoms with Crippen LogP contribution >= 0.6 is 0 Å². The number of carbonyl (C=O) groups is 2. The minimum atomic E-state index is -0.915. The zero-order chi connectivity index (χ0) is 24.6. The van der Waals surface area contributed by atoms with Crippen LogP contribution in [0, 0.1) is 5.41 Å². The standard InChI is InChI=1S/C26H26N2O6/c1-26(2,3)24(30)20-21(17-7-6-8-19(32-4)23(17)33-5)28(25(31)22(20)29)16-11-9-15(10-12-16)18-13-14-34-27-18/h6-14,21,29H,1-5H3. The number of ketones is 1. The molecule has 176 valence electrons. The molecule has 0 saturated heterocycles. The van der Waals surface area contributed by atoms with Crippen molar-refractivity contribution >= 4 is 17.4 Å². The van der Waals surface area contributed by atoms with E-state index >= 15 is 0 Å². The third-order valence-electron chi connectivity index (χ3n) is 5.74. The molecule has 1 atom stereocenters. The number of aliphatic hydroxyl groups is 1. The number of amides is 1. The summed E-state index contributed by atoms with van der Waals surface area (Å²) in [6.45, 7) is 5.24. The highest BCUT2D eigenvalue weighted by atomic mass is 16.5. The van der Waals surface area contributed by atoms with Crippen LogP contribution in [0.2, 0.25) is 0 Å². The van der Waals surface area contributed by atoms with E-state index < -0.39 is 23.1 Å². The molecule has 34 heavy (non-hydrogen) atoms. The lowest BCUT2D eigenvalue weighted by atomic mass is 9.82. The predicted molar refractivity (Wildman–Crippen MR) is 126 cm³/mol. The number of aliphatic hydroxyl groups excluding tert-OH is 1. The topological polar surface area (TPSA) is 102 Å². The molecule has 8 heteroatoms. The minimum absolute atomic E-state index is 0.0182. The molecule has 1 aliphatic heterocycles. The molecular formula is C26H26N2O6. The Morgan fingerprint density at radius 2 is 1.76 bits per heavy atom. The smallest absolute Gasteiger partial charge is 0.294 e. The van der Waals surface area contributed by atoms with Gasteiger partial charge in [-0.05, 0) is 18.2 Å². The number of carbonyl (C=O) groups excluding carboxylic acids is 2. The molecule has 0 aliphatic carbocycles. The molecule has 3 aromatic rings. The maximum atomic E-state index is 13.5. The van der Waals surface area contributed by atoms with E-state index in [0.717, 1.165) is 5.56 Å². The van der Waals surface area contributed by atoms with Gasteiger partial charge in [-0.3, -0.25) is 14.5 Å². The van der Waals surface area contributed by atoms with Crippen molar-refractivity contribution < 1.29 is 28.7 Å². The number of hydrogen-bond donors (Lipinski definition) is 1. The molecule has 0 saturated carbocycles. The van der Waals surface area contributed by atoms with E-state index in [9.17, 15) is 14.7 Å². The Bertz CT molecular complexity index is 1250. The fraction of sp³-hybridized carbons (Fsp3) is 0.269. The van der Waals surface area contributed by atoms with E-state index in [4.69, 9.17) is 14.0 Å². The average Bonchev–Trinajstić information content (AvgIpc) is 3.45. The summed E-state index contributed by atoms with van der Waals surface area (Å²) in [5, 5.41) is 14.9. The van der Waals surface area contributed by atoms with Crippen LogP contribution in [-0.4, -0.2) is 36.2 Å². The highest BCUT2D eigenvalue weighted by molar-refractivity contribution is 6.17. The van der Waals surface area contributed by atoms with Crippen LogP contribution in [0.1, 0.15) is 32.4 Å². The van der Waals surface area contributed by atoms with Gasteiger partial charge in [0, 0.05) is 28.3 Å². The van der Waals surface area contributed by atoms with Crippen molar-refractivity contribution in [1.82, 2.24) is 5.16 Å². The van der Waals surface area contributed by atoms with Crippen molar-refractivity contribution in [3.63, 3.8) is 0 Å². The van der Waals surface area contributed by atoms with E-state index in [1.807, 2.05) is 0 Å². The highest BCUT2D eigenvalue weighted by Crippen LogP contribution is 2.48. The largest absolute Gasteiger partial charge is 0.503 e. The van der Waals surface area contributed by atoms with E-state index in [2.05, 4.69) is 5.16 Å². The Morgan fingerprint density at radius 3 is 2.32 bits per heavy atom. The highest BCUT2D eigenvalue weighted by Gasteiger charge is 2.47. The molecule has 0 fully saturated rings. The van der Waals surface area contributed by atoms with E-state index in [1.54, 1.807) is 69.3 Å². The van der Waals surface area contributed by atoms with Crippen LogP contribution in [0.4, 0.5) is 5.69 Å². The third-order valence-corrected chi connectivity index (χ3v) is 5.74. The first-order chi connectivity index (χ1) is 16.2. The normalized spacial score (nSPS) is 16.2. The molecule has 1 amide bonds. The van der Waals surface area contributed by atoms with Crippen LogP contribution in [0.3, 0.4) is 0 Å². The van der Waals surface area contributed by atoms with Crippen LogP contribution in [0.15, 0.2) is 70.6 Å². The molecule has 0 spiro atoms. The molecule has 1 aromatic heterocycles. The SMILES string of the molecule is COc1cccc(C2C(C(=O)C(C)(C)C)=C(O)C(=O)N2c2ccc(-c3ccon3)cc2)c1OC. The van der Waals surface area contributed by atoms with Gasteiger partial charge in [0.1, 0.15) is 12.0 Å². The van der Waals surface area contributed by atoms with Gasteiger partial charge in [0.25, 0.3) is 5.91 Å². The van der Waals surface area contributed by atoms with Gasteiger partial charge in [-0.15, -0.1) is 0 Å². The summed E-state index contributed by atoms with van der Waals surface area (Å²) >= 11 is 0. The molecule has 4 rings (SSSR count). The van der Waals surface area contributed by atoms with Gasteiger partial charge in [0.05, 0.1) is 25.8 Å². The molecule has 1 N–H and O–H groups in total. The molecule has 0 bridgehead atoms. The van der Waals surface area contributed by atoms with Crippen molar-refractivity contribution in [2.24, 2.45) is 5.41 Å². The predicted octanol–water partition coefficient (Wildman–Crippen LogP) is 4.87. The molecule has 2 aromatic carbocycles. The average molecular weight is 463 g/mol. The number of anilines is 1. The summed E-state index contributed by atoms with van der Waals surface area (Å²) in [5.41, 5.74) is 1.64. The molecule has 8 nitrogen and oxygen atoms in total. The van der Waals surface area contributed by atoms with Gasteiger partial charge < -0.3 is 19.1 Å². The third kappa shape index (κ3) is 3.81. The maximum Gasteiger partial charge on any atom is 0.294 e. The molecule has 0 radical (unpaired) electrons. The first-order valence-electron chi connectivity index (χ1n) is 10.7. The van der Waals surface area contributed by atoms with Crippen LogP contribution in [-0.2, 0) is 9.59 Å². The van der Waals surface area contributed by atoms with Crippen molar-refractivity contribution in [3.8, 4) is 22.8 Å². The number of Topliss-reactive ketones (excluding diaryl/α,β-unsaturated/α-hetero) is 1. The summed E-state index contributed by atoms with van der Waals surface area (Å²) in [6.07, 6.45) is 1.48. The number of hydrogen-bond acceptors (Lipinski definition) is 7. The Labute approximate surface area is 197 Å². The Hall–Kier alpha value is -4.07. The number of para-hydroxylation sites is 1. The number of aromatic nitrogens is 1. The lowest BCUT2D eigenvalue weighted by molar-refractivity contribution is -0.123. The van der Waals surface area contributed by atoms with Crippen molar-refractivity contribution in [1.29, 1.82) is 0 Å². The summed E-state index contributed by atoms with van der Waals surface area (Å²) < 4.78 is 16.0. The molecule has 2 heterocycles. The fourth-order valence-corrected chi connectivity index (χ4v) is 4.08. The van der Waals surface area contributed by atoms with Gasteiger partial charge in [-0.1, -0.05) is 50.2 Å². The first-order valence-corrected chi connectivity index (χ1v) is 10.7. The lowest BCUT2D eigenvalue weighted by Gasteiger charge is -2.30. The van der Waals surface area contributed by atoms with Crippen LogP contribution < -0.4 is 14.4 Å². The second kappa shape index (κ2) is 8.70. The lowest BCUT2D eigenvalue weighted by Crippen LogP contribution is -2.33. The van der Waals surface area contributed by atoms with Crippen molar-refractivity contribution in [3.05, 3.63) is 71.7 Å². The Morgan fingerprint density at radius 1 is 1.06 bits per heavy atom. The number of rotatable bonds is 6. The Kier molecular flexibility index (Phi) is 5.91. The number of benzene rings is 2. The molecule has 1 unspecified atom stereocenters. The number of ether oxygens (including phenoxy) is 2. The van der Waals surface area contributed by atoms with E-state index in [-0.39, 0.29) is 11.4 Å². The van der Waals surface area contributed by atoms with Crippen LogP contribution in [0.25, 0.3) is 11.3 Å². The number of methoxy groups -OCH3 is 2. The second-order valence-electron chi connectivity index (χ2n) is 8.93. The summed E-state index contributed by atoms with van der Waals surface area (Å²) in [5.74, 6) is -0.759. The summed E-state index contributed by atoms with van der Waals surface area (Å²) in [7, 11) is 3.00. The minimum Gasteiger partial charge on any atom is -0.503 e. The van der Waals surface area contributed by atoms with Gasteiger partial charge in [0.2, 0.25) is 0 Å². The van der Waals surface area contributed by atoms with Crippen molar-refractivity contribution in [2.75, 3.05) is 19.1 Å². The Balaban J connectivity index is 1.90. The van der Waals surface area contributed by atoms with Gasteiger partial charge in [-0.25, -0.2) is 0 Å². The first kappa shape index (κ1) is 23.1. The quantitative estimate of drug-likeness (QED) is 0.557. The van der Waals surface area contributed by atoms with Gasteiger partial charge >= 0.3 is 0 Å². The van der Waals surface area contributed by atoms with Crippen LogP contribution in [0.5, 0.6) is 11.5 Å². The molecule has 1 aliphatic rings. The zero-order valence-electron chi connectivity index (χ0n) is 19.7.